The van der Waals surface area contributed by atoms with Crippen LogP contribution in [0.4, 0.5) is 4.39 Å². The van der Waals surface area contributed by atoms with Crippen molar-refractivity contribution in [2.45, 2.75) is 0 Å². The quantitative estimate of drug-likeness (QED) is 0.592. The molecule has 2 aromatic rings. The maximum atomic E-state index is 12.5. The Balaban J connectivity index is 2.89. The van der Waals surface area contributed by atoms with Crippen LogP contribution in [-0.4, -0.2) is 9.97 Å². The van der Waals surface area contributed by atoms with Gasteiger partial charge >= 0.3 is 0 Å². The second-order valence-corrected chi connectivity index (χ2v) is 2.39. The lowest BCUT2D eigenvalue weighted by atomic mass is 10.3. The number of aromatic amines is 1. The average Bonchev–Trinajstić information content (AvgIpc) is 2.03. The number of pyridine rings is 2. The van der Waals surface area contributed by atoms with Crippen molar-refractivity contribution in [1.82, 2.24) is 9.97 Å². The molecule has 0 unspecified atom stereocenters. The lowest BCUT2D eigenvalue weighted by molar-refractivity contribution is 0.588. The predicted octanol–water partition coefficient (Wildman–Crippen LogP) is 1.06. The van der Waals surface area contributed by atoms with E-state index in [0.717, 1.165) is 5.39 Å². The second kappa shape index (κ2) is 2.41. The molecule has 0 atom stereocenters. The molecule has 3 nitrogen and oxygen atoms in total. The predicted molar refractivity (Wildman–Crippen MR) is 42.3 cm³/mol. The summed E-state index contributed by atoms with van der Waals surface area (Å²) in [6, 6.07) is 5.79. The number of aromatic nitrogens is 2. The summed E-state index contributed by atoms with van der Waals surface area (Å²) < 4.78 is 12.5. The molecule has 0 spiro atoms. The molecule has 0 radical (unpaired) electrons. The summed E-state index contributed by atoms with van der Waals surface area (Å²) >= 11 is 0. The van der Waals surface area contributed by atoms with E-state index >= 15 is 0 Å². The molecule has 0 fully saturated rings. The first-order valence-corrected chi connectivity index (χ1v) is 3.41. The maximum absolute atomic E-state index is 12.5. The minimum Gasteiger partial charge on any atom is -0.306 e. The van der Waals surface area contributed by atoms with Crippen LogP contribution in [0.25, 0.3) is 11.0 Å². The molecule has 2 heterocycles. The number of nitrogens with zero attached hydrogens (tertiary/aromatic N) is 1. The van der Waals surface area contributed by atoms with Crippen LogP contribution in [-0.2, 0) is 0 Å². The molecule has 0 aromatic carbocycles. The topological polar surface area (TPSA) is 45.8 Å². The van der Waals surface area contributed by atoms with E-state index < -0.39 is 5.95 Å². The zero-order valence-corrected chi connectivity index (χ0v) is 6.04. The summed E-state index contributed by atoms with van der Waals surface area (Å²) in [4.78, 5) is 16.7. The summed E-state index contributed by atoms with van der Waals surface area (Å²) in [6.07, 6.45) is 0. The zero-order chi connectivity index (χ0) is 8.55. The van der Waals surface area contributed by atoms with Crippen LogP contribution < -0.4 is 5.56 Å². The Hall–Kier alpha value is -1.71. The number of nitrogens with one attached hydrogen (secondary N) is 1. The molecule has 2 rings (SSSR count). The fraction of sp³-hybridized carbons (Fsp3) is 0. The van der Waals surface area contributed by atoms with Crippen LogP contribution in [0, 0.1) is 5.95 Å². The third-order valence-electron chi connectivity index (χ3n) is 1.55. The van der Waals surface area contributed by atoms with Gasteiger partial charge in [0.2, 0.25) is 11.5 Å². The van der Waals surface area contributed by atoms with E-state index in [-0.39, 0.29) is 11.2 Å². The van der Waals surface area contributed by atoms with Crippen molar-refractivity contribution in [1.29, 1.82) is 0 Å². The largest absolute Gasteiger partial charge is 0.306 e. The van der Waals surface area contributed by atoms with Crippen LogP contribution in [0.1, 0.15) is 0 Å². The molecule has 60 valence electrons. The fourth-order valence-corrected chi connectivity index (χ4v) is 1.00. The molecule has 0 aliphatic carbocycles. The monoisotopic (exact) mass is 164 g/mol. The van der Waals surface area contributed by atoms with E-state index in [2.05, 4.69) is 9.97 Å². The number of rotatable bonds is 0. The fourth-order valence-electron chi connectivity index (χ4n) is 1.00. The molecule has 0 saturated carbocycles. The third-order valence-corrected chi connectivity index (χ3v) is 1.55. The van der Waals surface area contributed by atoms with Gasteiger partial charge in [0.15, 0.2) is 0 Å². The van der Waals surface area contributed by atoms with Crippen molar-refractivity contribution in [3.8, 4) is 0 Å². The summed E-state index contributed by atoms with van der Waals surface area (Å²) in [5, 5.41) is 0.719. The molecule has 2 aromatic heterocycles. The van der Waals surface area contributed by atoms with Gasteiger partial charge in [0.1, 0.15) is 5.65 Å². The highest BCUT2D eigenvalue weighted by molar-refractivity contribution is 5.73. The van der Waals surface area contributed by atoms with Gasteiger partial charge in [-0.2, -0.15) is 4.39 Å². The van der Waals surface area contributed by atoms with Crippen molar-refractivity contribution >= 4 is 11.0 Å². The summed E-state index contributed by atoms with van der Waals surface area (Å²) in [6.45, 7) is 0. The minimum absolute atomic E-state index is 0.277. The number of H-pyrrole nitrogens is 1. The molecular weight excluding hydrogens is 159 g/mol. The standard InChI is InChI=1S/C8H5FN2O/c9-6-3-1-5-2-4-7(12)11-8(5)10-6/h1-4H,(H,10,11,12). The first kappa shape index (κ1) is 6.97. The lowest BCUT2D eigenvalue weighted by Gasteiger charge is -1.94. The summed E-state index contributed by atoms with van der Waals surface area (Å²) in [5.41, 5.74) is 0.00287. The van der Waals surface area contributed by atoms with Gasteiger partial charge in [-0.1, -0.05) is 0 Å². The highest BCUT2D eigenvalue weighted by Gasteiger charge is 1.96. The van der Waals surface area contributed by atoms with Crippen molar-refractivity contribution in [3.63, 3.8) is 0 Å². The van der Waals surface area contributed by atoms with Crippen molar-refractivity contribution in [3.05, 3.63) is 40.6 Å². The molecule has 0 saturated heterocycles. The average molecular weight is 164 g/mol. The van der Waals surface area contributed by atoms with Crippen LogP contribution in [0.2, 0.25) is 0 Å². The van der Waals surface area contributed by atoms with E-state index in [9.17, 15) is 9.18 Å². The Labute approximate surface area is 66.9 Å². The van der Waals surface area contributed by atoms with E-state index in [1.54, 1.807) is 12.1 Å². The normalized spacial score (nSPS) is 10.4. The van der Waals surface area contributed by atoms with Crippen molar-refractivity contribution in [2.75, 3.05) is 0 Å². The number of hydrogen-bond acceptors (Lipinski definition) is 2. The second-order valence-electron chi connectivity index (χ2n) is 2.39. The first-order chi connectivity index (χ1) is 5.75. The van der Waals surface area contributed by atoms with E-state index in [1.165, 1.54) is 12.1 Å². The molecule has 1 N–H and O–H groups in total. The van der Waals surface area contributed by atoms with Gasteiger partial charge in [0.25, 0.3) is 0 Å². The summed E-state index contributed by atoms with van der Waals surface area (Å²) in [7, 11) is 0. The minimum atomic E-state index is -0.593. The number of hydrogen-bond donors (Lipinski definition) is 1. The van der Waals surface area contributed by atoms with E-state index in [4.69, 9.17) is 0 Å². The smallest absolute Gasteiger partial charge is 0.249 e. The molecule has 4 heteroatoms. The maximum Gasteiger partial charge on any atom is 0.249 e. The first-order valence-electron chi connectivity index (χ1n) is 3.41. The van der Waals surface area contributed by atoms with Gasteiger partial charge < -0.3 is 4.98 Å². The van der Waals surface area contributed by atoms with Gasteiger partial charge in [-0.25, -0.2) is 4.98 Å². The lowest BCUT2D eigenvalue weighted by Crippen LogP contribution is -2.03. The Bertz CT molecular complexity index is 478. The summed E-state index contributed by atoms with van der Waals surface area (Å²) in [5.74, 6) is -0.593. The Morgan fingerprint density at radius 3 is 2.83 bits per heavy atom. The Morgan fingerprint density at radius 1 is 1.25 bits per heavy atom. The highest BCUT2D eigenvalue weighted by Crippen LogP contribution is 2.05. The van der Waals surface area contributed by atoms with E-state index in [1.807, 2.05) is 0 Å². The number of fused-ring (bicyclic) bond motifs is 1. The van der Waals surface area contributed by atoms with E-state index in [0.29, 0.717) is 0 Å². The Kier molecular flexibility index (Phi) is 1.40. The van der Waals surface area contributed by atoms with Gasteiger partial charge in [0.05, 0.1) is 0 Å². The molecule has 0 aliphatic rings. The SMILES string of the molecule is O=c1ccc2ccc(F)nc2[nH]1. The van der Waals surface area contributed by atoms with Crippen LogP contribution in [0.5, 0.6) is 0 Å². The van der Waals surface area contributed by atoms with Gasteiger partial charge in [0, 0.05) is 11.5 Å². The van der Waals surface area contributed by atoms with Gasteiger partial charge in [-0.05, 0) is 18.2 Å². The highest BCUT2D eigenvalue weighted by atomic mass is 19.1. The number of halogens is 1. The van der Waals surface area contributed by atoms with Crippen molar-refractivity contribution < 1.29 is 4.39 Å². The molecule has 0 aliphatic heterocycles. The molecular formula is C8H5FN2O. The van der Waals surface area contributed by atoms with Gasteiger partial charge in [-0.15, -0.1) is 0 Å². The van der Waals surface area contributed by atoms with Crippen LogP contribution >= 0.6 is 0 Å². The van der Waals surface area contributed by atoms with Crippen LogP contribution in [0.3, 0.4) is 0 Å². The van der Waals surface area contributed by atoms with Crippen molar-refractivity contribution in [2.24, 2.45) is 0 Å². The zero-order valence-electron chi connectivity index (χ0n) is 6.04. The molecule has 0 amide bonds. The Morgan fingerprint density at radius 2 is 2.00 bits per heavy atom. The van der Waals surface area contributed by atoms with Crippen LogP contribution in [0.15, 0.2) is 29.1 Å². The molecule has 0 bridgehead atoms. The third kappa shape index (κ3) is 1.07. The van der Waals surface area contributed by atoms with Gasteiger partial charge in [-0.3, -0.25) is 4.79 Å². The molecule has 12 heavy (non-hydrogen) atoms.